The van der Waals surface area contributed by atoms with Crippen LogP contribution in [-0.4, -0.2) is 161 Å². The summed E-state index contributed by atoms with van der Waals surface area (Å²) in [4.78, 5) is 147. The van der Waals surface area contributed by atoms with Crippen molar-refractivity contribution in [2.45, 2.75) is 180 Å². The van der Waals surface area contributed by atoms with Gasteiger partial charge in [-0.05, 0) is 92.7 Å². The number of hydrogen-bond acceptors (Lipinski definition) is 12. The van der Waals surface area contributed by atoms with E-state index >= 15 is 0 Å². The molecule has 10 amide bonds. The molecule has 0 aliphatic carbocycles. The molecule has 22 heteroatoms. The van der Waals surface area contributed by atoms with Crippen LogP contribution < -0.4 is 48.3 Å². The number of aliphatic hydroxyl groups is 1. The number of nitrogens with two attached hydrogens (primary N) is 1. The fourth-order valence-corrected chi connectivity index (χ4v) is 10.5. The summed E-state index contributed by atoms with van der Waals surface area (Å²) in [6.07, 6.45) is 1.87. The molecule has 0 bridgehead atoms. The summed E-state index contributed by atoms with van der Waals surface area (Å²) in [5.41, 5.74) is 7.29. The molecule has 3 saturated heterocycles. The minimum absolute atomic E-state index is 0.000238. The van der Waals surface area contributed by atoms with Gasteiger partial charge in [0.05, 0.1) is 6.61 Å². The highest BCUT2D eigenvalue weighted by molar-refractivity contribution is 6.00. The van der Waals surface area contributed by atoms with Crippen LogP contribution in [0.3, 0.4) is 0 Å². The van der Waals surface area contributed by atoms with Gasteiger partial charge in [-0.2, -0.15) is 0 Å². The quantitative estimate of drug-likeness (QED) is 0.124. The molecule has 3 aliphatic rings. The first-order valence-corrected chi connectivity index (χ1v) is 28.5. The van der Waals surface area contributed by atoms with Crippen molar-refractivity contribution in [2.24, 2.45) is 29.4 Å². The fraction of sp³-hybridized carbons (Fsp3) is 0.621. The van der Waals surface area contributed by atoms with Gasteiger partial charge in [0, 0.05) is 25.9 Å². The second-order valence-electron chi connectivity index (χ2n) is 23.0. The van der Waals surface area contributed by atoms with Gasteiger partial charge in [0.25, 0.3) is 0 Å². The van der Waals surface area contributed by atoms with E-state index in [1.807, 2.05) is 27.7 Å². The molecule has 0 aromatic heterocycles. The molecule has 5 rings (SSSR count). The van der Waals surface area contributed by atoms with E-state index in [9.17, 15) is 53.1 Å². The Labute approximate surface area is 470 Å². The van der Waals surface area contributed by atoms with Crippen molar-refractivity contribution in [2.75, 3.05) is 26.2 Å². The first kappa shape index (κ1) is 63.9. The van der Waals surface area contributed by atoms with E-state index in [-0.39, 0.29) is 76.4 Å². The van der Waals surface area contributed by atoms with E-state index in [0.29, 0.717) is 30.4 Å². The number of aliphatic hydroxyl groups excluding tert-OH is 1. The highest BCUT2D eigenvalue weighted by Crippen LogP contribution is 2.23. The zero-order chi connectivity index (χ0) is 58.8. The van der Waals surface area contributed by atoms with Crippen LogP contribution in [0, 0.1) is 23.7 Å². The summed E-state index contributed by atoms with van der Waals surface area (Å²) in [5, 5.41) is 32.7. The molecule has 440 valence electrons. The van der Waals surface area contributed by atoms with Crippen molar-refractivity contribution in [3.8, 4) is 0 Å². The third-order valence-electron chi connectivity index (χ3n) is 14.8. The Bertz CT molecular complexity index is 2460. The van der Waals surface area contributed by atoms with Crippen LogP contribution in [0.1, 0.15) is 118 Å². The normalized spacial score (nSPS) is 26.9. The Balaban J connectivity index is 1.57. The molecule has 0 saturated carbocycles. The van der Waals surface area contributed by atoms with Crippen LogP contribution in [0.4, 0.5) is 0 Å². The first-order valence-electron chi connectivity index (χ1n) is 28.5. The van der Waals surface area contributed by atoms with Gasteiger partial charge in [-0.15, -0.1) is 0 Å². The number of carbonyl (C=O) groups excluding carboxylic acids is 10. The summed E-state index contributed by atoms with van der Waals surface area (Å²) in [5.74, 6) is -8.45. The van der Waals surface area contributed by atoms with Crippen molar-refractivity contribution < 1.29 is 53.1 Å². The zero-order valence-corrected chi connectivity index (χ0v) is 47.8. The molecule has 2 aromatic carbocycles. The summed E-state index contributed by atoms with van der Waals surface area (Å²) < 4.78 is 0. The summed E-state index contributed by atoms with van der Waals surface area (Å²) in [6, 6.07) is 5.46. The lowest BCUT2D eigenvalue weighted by molar-refractivity contribution is -0.143. The maximum absolute atomic E-state index is 14.8. The Kier molecular flexibility index (Phi) is 24.4. The number of hydrogen-bond donors (Lipinski definition) is 10. The average molecular weight is 1110 g/mol. The van der Waals surface area contributed by atoms with Gasteiger partial charge in [-0.1, -0.05) is 116 Å². The second-order valence-corrected chi connectivity index (χ2v) is 23.0. The SMILES string of the molecule is CC(C)C[C@@H]1NC(=O)[C@H](CCCN)NC(=O)[C@H](C(C)C)NC(=O)[C@@H]2CCCN2C(=O)[C@@H](Cc2ccccc2)NC(=O)[C@H](CC(C)C)NC(=O)[C@H](CO)NC(=O)[C@H](C(C)C)NC(=O)[C@@H]2CCCN2C(=O)[C@@H](Cc2ccccc2)NC1=O. The van der Waals surface area contributed by atoms with Gasteiger partial charge in [0.1, 0.15) is 60.4 Å². The van der Waals surface area contributed by atoms with Crippen LogP contribution in [0.25, 0.3) is 0 Å². The maximum Gasteiger partial charge on any atom is 0.246 e. The summed E-state index contributed by atoms with van der Waals surface area (Å²) in [7, 11) is 0. The number of nitrogens with one attached hydrogen (secondary N) is 8. The summed E-state index contributed by atoms with van der Waals surface area (Å²) in [6.45, 7) is 13.7. The molecule has 3 aliphatic heterocycles. The molecule has 22 nitrogen and oxygen atoms in total. The van der Waals surface area contributed by atoms with Crippen LogP contribution >= 0.6 is 0 Å². The smallest absolute Gasteiger partial charge is 0.246 e. The van der Waals surface area contributed by atoms with E-state index in [1.165, 1.54) is 9.80 Å². The lowest BCUT2D eigenvalue weighted by Gasteiger charge is -2.33. The van der Waals surface area contributed by atoms with Crippen molar-refractivity contribution in [3.05, 3.63) is 71.8 Å². The van der Waals surface area contributed by atoms with Gasteiger partial charge < -0.3 is 63.2 Å². The predicted molar refractivity (Wildman–Crippen MR) is 299 cm³/mol. The Morgan fingerprint density at radius 1 is 0.463 bits per heavy atom. The van der Waals surface area contributed by atoms with E-state index in [0.717, 1.165) is 0 Å². The number of nitrogens with zero attached hydrogens (tertiary/aromatic N) is 2. The number of rotatable bonds is 14. The topological polar surface area (TPSA) is 320 Å². The molecule has 3 fully saturated rings. The molecule has 0 radical (unpaired) electrons. The van der Waals surface area contributed by atoms with Gasteiger partial charge in [0.2, 0.25) is 59.1 Å². The van der Waals surface area contributed by atoms with Crippen LogP contribution in [0.15, 0.2) is 60.7 Å². The monoisotopic (exact) mass is 1110 g/mol. The molecule has 10 atom stereocenters. The third-order valence-corrected chi connectivity index (χ3v) is 14.8. The van der Waals surface area contributed by atoms with Crippen molar-refractivity contribution in [3.63, 3.8) is 0 Å². The van der Waals surface area contributed by atoms with E-state index in [4.69, 9.17) is 5.73 Å². The number of fused-ring (bicyclic) bond motifs is 2. The zero-order valence-electron chi connectivity index (χ0n) is 47.8. The minimum Gasteiger partial charge on any atom is -0.394 e. The number of carbonyl (C=O) groups is 10. The molecule has 3 heterocycles. The van der Waals surface area contributed by atoms with Crippen LogP contribution in [0.2, 0.25) is 0 Å². The fourth-order valence-electron chi connectivity index (χ4n) is 10.5. The molecule has 2 aromatic rings. The van der Waals surface area contributed by atoms with Crippen molar-refractivity contribution >= 4 is 59.1 Å². The highest BCUT2D eigenvalue weighted by Gasteiger charge is 2.43. The van der Waals surface area contributed by atoms with Gasteiger partial charge in [-0.25, -0.2) is 0 Å². The molecule has 0 unspecified atom stereocenters. The van der Waals surface area contributed by atoms with Gasteiger partial charge >= 0.3 is 0 Å². The van der Waals surface area contributed by atoms with Crippen LogP contribution in [-0.2, 0) is 60.8 Å². The number of amides is 10. The van der Waals surface area contributed by atoms with E-state index in [2.05, 4.69) is 42.5 Å². The van der Waals surface area contributed by atoms with E-state index in [1.54, 1.807) is 88.4 Å². The number of benzene rings is 2. The third kappa shape index (κ3) is 18.0. The van der Waals surface area contributed by atoms with Crippen molar-refractivity contribution in [1.29, 1.82) is 0 Å². The maximum atomic E-state index is 14.8. The average Bonchev–Trinajstić information content (AvgIpc) is 4.18. The Morgan fingerprint density at radius 3 is 1.18 bits per heavy atom. The largest absolute Gasteiger partial charge is 0.394 e. The van der Waals surface area contributed by atoms with E-state index < -0.39 is 138 Å². The molecular formula is C58H87N11O11. The molecule has 11 N–H and O–H groups in total. The Morgan fingerprint density at radius 2 is 0.812 bits per heavy atom. The highest BCUT2D eigenvalue weighted by atomic mass is 16.3. The van der Waals surface area contributed by atoms with Gasteiger partial charge in [-0.3, -0.25) is 47.9 Å². The first-order chi connectivity index (χ1) is 38.0. The Hall–Kier alpha value is -6.94. The molecular weight excluding hydrogens is 1030 g/mol. The lowest BCUT2D eigenvalue weighted by Crippen LogP contribution is -2.62. The summed E-state index contributed by atoms with van der Waals surface area (Å²) >= 11 is 0. The predicted octanol–water partition coefficient (Wildman–Crippen LogP) is 0.481. The van der Waals surface area contributed by atoms with Gasteiger partial charge in [0.15, 0.2) is 0 Å². The second kappa shape index (κ2) is 30.6. The van der Waals surface area contributed by atoms with Crippen molar-refractivity contribution in [1.82, 2.24) is 52.3 Å². The molecule has 80 heavy (non-hydrogen) atoms. The minimum atomic E-state index is -1.60. The van der Waals surface area contributed by atoms with Crippen LogP contribution in [0.5, 0.6) is 0 Å². The lowest BCUT2D eigenvalue weighted by atomic mass is 9.99. The standard InChI is InChI=1S/C58H87N11O11/c1-33(2)28-40-50(72)63-42(30-37-18-11-9-12-19-37)57(79)69-27-17-24-46(69)54(76)67-48(36(7)8)56(78)65-44(32-70)52(74)62-41(29-34(3)4)51(73)64-43(31-38-20-13-10-14-21-38)58(80)68-26-16-23-45(68)53(75)66-47(35(5)6)55(77)60-39(22-15-25-59)49(71)61-40/h9-14,18-21,33-36,39-48,70H,15-17,22-32,59H2,1-8H3,(H,60,77)(H,61,71)(H,62,74)(H,63,72)(H,64,73)(H,65,78)(H,66,75)(H,67,76)/t39-,40-,41-,42+,43+,44-,45-,46-,47-,48-/m0/s1. The molecule has 0 spiro atoms.